The lowest BCUT2D eigenvalue weighted by Gasteiger charge is -1.71. The van der Waals surface area contributed by atoms with E-state index in [0.29, 0.717) is 0 Å². The minimum atomic E-state index is 0.963. The SMILES string of the molecule is [O]NC=C=CN[O]. The van der Waals surface area contributed by atoms with Gasteiger partial charge < -0.3 is 0 Å². The average molecular weight is 100 g/mol. The van der Waals surface area contributed by atoms with E-state index in [0.717, 1.165) is 12.4 Å². The van der Waals surface area contributed by atoms with E-state index >= 15 is 0 Å². The summed E-state index contributed by atoms with van der Waals surface area (Å²) < 4.78 is 0. The smallest absolute Gasteiger partial charge is 0.0708 e. The van der Waals surface area contributed by atoms with E-state index in [1.807, 2.05) is 0 Å². The molecule has 0 atom stereocenters. The van der Waals surface area contributed by atoms with Crippen LogP contribution in [0.5, 0.6) is 0 Å². The maximum atomic E-state index is 9.29. The van der Waals surface area contributed by atoms with E-state index in [1.54, 1.807) is 0 Å². The van der Waals surface area contributed by atoms with Crippen molar-refractivity contribution in [1.29, 1.82) is 0 Å². The van der Waals surface area contributed by atoms with Crippen molar-refractivity contribution in [3.63, 3.8) is 0 Å². The van der Waals surface area contributed by atoms with Gasteiger partial charge in [-0.2, -0.15) is 0 Å². The molecule has 0 unspecified atom stereocenters. The number of hydrogen-bond donors (Lipinski definition) is 2. The van der Waals surface area contributed by atoms with Crippen molar-refractivity contribution >= 4 is 0 Å². The van der Waals surface area contributed by atoms with Gasteiger partial charge in [-0.3, -0.25) is 0 Å². The van der Waals surface area contributed by atoms with Crippen LogP contribution in [-0.4, -0.2) is 0 Å². The fraction of sp³-hybridized carbons (Fsp3) is 0. The first-order valence-electron chi connectivity index (χ1n) is 1.56. The van der Waals surface area contributed by atoms with Gasteiger partial charge in [0.25, 0.3) is 0 Å². The van der Waals surface area contributed by atoms with Gasteiger partial charge in [-0.05, 0) is 0 Å². The van der Waals surface area contributed by atoms with Crippen molar-refractivity contribution in [2.75, 3.05) is 0 Å². The van der Waals surface area contributed by atoms with Crippen molar-refractivity contribution in [2.45, 2.75) is 0 Å². The zero-order chi connectivity index (χ0) is 5.54. The van der Waals surface area contributed by atoms with Gasteiger partial charge in [-0.25, -0.2) is 11.0 Å². The zero-order valence-electron chi connectivity index (χ0n) is 3.47. The third kappa shape index (κ3) is 5.04. The standard InChI is InChI=1S/C3H4N2O2/c6-4-2-1-3-5-7/h2-5H. The van der Waals surface area contributed by atoms with Gasteiger partial charge in [-0.15, -0.1) is 0 Å². The molecule has 0 aromatic carbocycles. The predicted octanol–water partition coefficient (Wildman–Crippen LogP) is -0.517. The Hall–Kier alpha value is -0.960. The number of rotatable bonds is 2. The summed E-state index contributed by atoms with van der Waals surface area (Å²) in [5, 5.41) is 18.6. The van der Waals surface area contributed by atoms with Gasteiger partial charge in [0.2, 0.25) is 0 Å². The molecule has 0 fully saturated rings. The van der Waals surface area contributed by atoms with E-state index in [1.165, 1.54) is 11.0 Å². The minimum Gasteiger partial charge on any atom is -0.233 e. The van der Waals surface area contributed by atoms with Crippen molar-refractivity contribution in [1.82, 2.24) is 11.0 Å². The topological polar surface area (TPSA) is 63.9 Å². The normalized spacial score (nSPS) is 6.00. The first-order chi connectivity index (χ1) is 3.41. The lowest BCUT2D eigenvalue weighted by Crippen LogP contribution is -1.90. The third-order valence-electron chi connectivity index (χ3n) is 0.285. The molecule has 38 valence electrons. The summed E-state index contributed by atoms with van der Waals surface area (Å²) in [6.45, 7) is 0. The van der Waals surface area contributed by atoms with Gasteiger partial charge in [0.15, 0.2) is 0 Å². The summed E-state index contributed by atoms with van der Waals surface area (Å²) in [6.07, 6.45) is 1.93. The van der Waals surface area contributed by atoms with Crippen LogP contribution in [0.3, 0.4) is 0 Å². The minimum absolute atomic E-state index is 0.963. The molecule has 2 N–H and O–H groups in total. The van der Waals surface area contributed by atoms with Gasteiger partial charge in [0.05, 0.1) is 12.4 Å². The second-order valence-electron chi connectivity index (χ2n) is 0.691. The number of nitrogens with one attached hydrogen (secondary N) is 2. The molecule has 4 heteroatoms. The number of hydroxylamine groups is 2. The summed E-state index contributed by atoms with van der Waals surface area (Å²) in [4.78, 5) is 0. The molecule has 0 bridgehead atoms. The molecule has 0 saturated carbocycles. The Labute approximate surface area is 40.7 Å². The predicted molar refractivity (Wildman–Crippen MR) is 20.3 cm³/mol. The molecule has 2 radical (unpaired) electrons. The Bertz CT molecular complexity index is 76.9. The quantitative estimate of drug-likeness (QED) is 0.362. The van der Waals surface area contributed by atoms with Crippen LogP contribution in [0.4, 0.5) is 0 Å². The molecule has 0 amide bonds. The van der Waals surface area contributed by atoms with E-state index < -0.39 is 0 Å². The summed E-state index contributed by atoms with van der Waals surface area (Å²) in [5.41, 5.74) is 5.00. The summed E-state index contributed by atoms with van der Waals surface area (Å²) in [5.74, 6) is 0. The van der Waals surface area contributed by atoms with Crippen LogP contribution in [0.2, 0.25) is 0 Å². The molecule has 0 rings (SSSR count). The van der Waals surface area contributed by atoms with Crippen molar-refractivity contribution in [2.24, 2.45) is 0 Å². The van der Waals surface area contributed by atoms with E-state index in [-0.39, 0.29) is 0 Å². The highest BCUT2D eigenvalue weighted by atomic mass is 16.5. The monoisotopic (exact) mass is 100 g/mol. The van der Waals surface area contributed by atoms with E-state index in [4.69, 9.17) is 0 Å². The molecule has 4 nitrogen and oxygen atoms in total. The Morgan fingerprint density at radius 1 is 1.14 bits per heavy atom. The van der Waals surface area contributed by atoms with Gasteiger partial charge in [-0.1, -0.05) is 16.1 Å². The van der Waals surface area contributed by atoms with E-state index in [2.05, 4.69) is 5.73 Å². The van der Waals surface area contributed by atoms with Crippen LogP contribution in [0.15, 0.2) is 18.1 Å². The molecule has 0 heterocycles. The summed E-state index contributed by atoms with van der Waals surface area (Å²) >= 11 is 0. The van der Waals surface area contributed by atoms with Crippen LogP contribution >= 0.6 is 0 Å². The molecule has 0 aromatic rings. The highest BCUT2D eigenvalue weighted by Crippen LogP contribution is 1.52. The lowest BCUT2D eigenvalue weighted by molar-refractivity contribution is 0.112. The van der Waals surface area contributed by atoms with Crippen LogP contribution in [0.25, 0.3) is 0 Å². The zero-order valence-corrected chi connectivity index (χ0v) is 3.47. The van der Waals surface area contributed by atoms with Crippen LogP contribution in [0.1, 0.15) is 0 Å². The maximum Gasteiger partial charge on any atom is 0.0708 e. The van der Waals surface area contributed by atoms with Gasteiger partial charge >= 0.3 is 0 Å². The Kier molecular flexibility index (Phi) is 4.35. The first kappa shape index (κ1) is 6.04. The lowest BCUT2D eigenvalue weighted by atomic mass is 10.8. The molecule has 0 spiro atoms. The first-order valence-corrected chi connectivity index (χ1v) is 1.56. The maximum absolute atomic E-state index is 9.29. The molecule has 0 aliphatic rings. The largest absolute Gasteiger partial charge is 0.233 e. The van der Waals surface area contributed by atoms with Crippen LogP contribution in [-0.2, 0) is 10.4 Å². The Morgan fingerprint density at radius 2 is 1.57 bits per heavy atom. The molecular weight excluding hydrogens is 96.0 g/mol. The van der Waals surface area contributed by atoms with Gasteiger partial charge in [0, 0.05) is 0 Å². The molecule has 0 aromatic heterocycles. The van der Waals surface area contributed by atoms with Crippen LogP contribution in [0, 0.1) is 0 Å². The fourth-order valence-electron chi connectivity index (χ4n) is 0.110. The molecule has 7 heavy (non-hydrogen) atoms. The molecule has 0 aliphatic heterocycles. The highest BCUT2D eigenvalue weighted by molar-refractivity contribution is 4.75. The average Bonchev–Trinajstić information content (AvgIpc) is 1.69. The fourth-order valence-corrected chi connectivity index (χ4v) is 0.110. The Morgan fingerprint density at radius 3 is 1.86 bits per heavy atom. The second-order valence-corrected chi connectivity index (χ2v) is 0.691. The highest BCUT2D eigenvalue weighted by Gasteiger charge is 1.55. The molecular formula is C3H4N2O2. The van der Waals surface area contributed by atoms with Crippen molar-refractivity contribution < 1.29 is 10.4 Å². The summed E-state index contributed by atoms with van der Waals surface area (Å²) in [7, 11) is 0. The number of hydrogen-bond acceptors (Lipinski definition) is 2. The van der Waals surface area contributed by atoms with Gasteiger partial charge in [0.1, 0.15) is 0 Å². The van der Waals surface area contributed by atoms with Crippen molar-refractivity contribution in [3.8, 4) is 0 Å². The molecule has 0 aliphatic carbocycles. The summed E-state index contributed by atoms with van der Waals surface area (Å²) in [6, 6.07) is 0. The Balaban J connectivity index is 3.21. The van der Waals surface area contributed by atoms with Crippen molar-refractivity contribution in [3.05, 3.63) is 18.1 Å². The molecule has 0 saturated heterocycles. The van der Waals surface area contributed by atoms with Crippen LogP contribution < -0.4 is 11.0 Å². The second kappa shape index (κ2) is 5.04. The third-order valence-corrected chi connectivity index (χ3v) is 0.285. The van der Waals surface area contributed by atoms with E-state index in [9.17, 15) is 10.4 Å².